The first kappa shape index (κ1) is 33.9. The van der Waals surface area contributed by atoms with E-state index in [1.165, 1.54) is 97.6 Å². The van der Waals surface area contributed by atoms with Crippen molar-refractivity contribution in [3.63, 3.8) is 0 Å². The van der Waals surface area contributed by atoms with Crippen LogP contribution in [0.15, 0.2) is 96.1 Å². The summed E-state index contributed by atoms with van der Waals surface area (Å²) < 4.78 is 1.37. The third kappa shape index (κ3) is 6.09. The molecule has 48 heavy (non-hydrogen) atoms. The van der Waals surface area contributed by atoms with Gasteiger partial charge in [-0.05, 0) is 0 Å². The van der Waals surface area contributed by atoms with Crippen LogP contribution in [-0.2, 0) is 23.2 Å². The fourth-order valence-electron chi connectivity index (χ4n) is 9.24. The molecule has 0 aromatic heterocycles. The van der Waals surface area contributed by atoms with E-state index in [0.29, 0.717) is 7.25 Å². The monoisotopic (exact) mass is 724 g/mol. The van der Waals surface area contributed by atoms with Gasteiger partial charge < -0.3 is 0 Å². The molecule has 4 aromatic rings. The SMILES string of the molecule is CCCCCCC1=C2c3c(-c4ccc(C)cc4)cccc3[CH]1[Zr][CH]1C(CCCCCC)=C(c3c(-c4ccc(C)cc4)cccc31)[Si]2(C)C. The fourth-order valence-corrected chi connectivity index (χ4v) is 19.4. The summed E-state index contributed by atoms with van der Waals surface area (Å²) >= 11 is -0.977. The Morgan fingerprint density at radius 2 is 0.938 bits per heavy atom. The first-order valence-electron chi connectivity index (χ1n) is 19.0. The van der Waals surface area contributed by atoms with Gasteiger partial charge in [-0.15, -0.1) is 0 Å². The molecule has 1 heterocycles. The zero-order chi connectivity index (χ0) is 33.4. The zero-order valence-electron chi connectivity index (χ0n) is 30.3. The van der Waals surface area contributed by atoms with Crippen LogP contribution >= 0.6 is 0 Å². The molecule has 7 rings (SSSR count). The summed E-state index contributed by atoms with van der Waals surface area (Å²) in [5, 5.41) is 3.67. The molecule has 0 saturated carbocycles. The second-order valence-corrected chi connectivity index (χ2v) is 23.3. The number of aryl methyl sites for hydroxylation is 2. The number of fused-ring (bicyclic) bond motifs is 8. The third-order valence-electron chi connectivity index (χ3n) is 11.6. The minimum absolute atomic E-state index is 0.684. The summed E-state index contributed by atoms with van der Waals surface area (Å²) in [5.74, 6) is 0. The van der Waals surface area contributed by atoms with Crippen molar-refractivity contribution in [3.8, 4) is 22.3 Å². The van der Waals surface area contributed by atoms with Crippen LogP contribution in [-0.4, -0.2) is 8.07 Å². The quantitative estimate of drug-likeness (QED) is 0.101. The van der Waals surface area contributed by atoms with E-state index in [0.717, 1.165) is 0 Å². The summed E-state index contributed by atoms with van der Waals surface area (Å²) in [6, 6.07) is 33.7. The second-order valence-electron chi connectivity index (χ2n) is 15.4. The Balaban J connectivity index is 1.47. The van der Waals surface area contributed by atoms with E-state index in [1.807, 2.05) is 21.5 Å². The predicted octanol–water partition coefficient (Wildman–Crippen LogP) is 13.8. The van der Waals surface area contributed by atoms with E-state index in [1.54, 1.807) is 22.3 Å². The molecule has 2 unspecified atom stereocenters. The van der Waals surface area contributed by atoms with Crippen molar-refractivity contribution in [1.82, 2.24) is 0 Å². The molecule has 2 aliphatic carbocycles. The fraction of sp³-hybridized carbons (Fsp3) is 0.391. The van der Waals surface area contributed by atoms with Gasteiger partial charge in [-0.25, -0.2) is 0 Å². The van der Waals surface area contributed by atoms with E-state index in [-0.39, 0.29) is 0 Å². The van der Waals surface area contributed by atoms with Crippen LogP contribution in [0.5, 0.6) is 0 Å². The van der Waals surface area contributed by atoms with Gasteiger partial charge >= 0.3 is 306 Å². The Bertz CT molecular complexity index is 1720. The predicted molar refractivity (Wildman–Crippen MR) is 208 cm³/mol. The van der Waals surface area contributed by atoms with Crippen LogP contribution in [0.1, 0.15) is 119 Å². The van der Waals surface area contributed by atoms with E-state index in [4.69, 9.17) is 0 Å². The van der Waals surface area contributed by atoms with Gasteiger partial charge in [0.1, 0.15) is 0 Å². The summed E-state index contributed by atoms with van der Waals surface area (Å²) in [6.45, 7) is 14.7. The molecule has 4 aromatic carbocycles. The second kappa shape index (κ2) is 14.4. The summed E-state index contributed by atoms with van der Waals surface area (Å²) in [5.41, 5.74) is 19.0. The molecule has 0 saturated heterocycles. The third-order valence-corrected chi connectivity index (χ3v) is 20.1. The molecule has 0 nitrogen and oxygen atoms in total. The van der Waals surface area contributed by atoms with Gasteiger partial charge in [0, 0.05) is 0 Å². The number of hydrogen-bond acceptors (Lipinski definition) is 0. The molecule has 3 aliphatic rings. The van der Waals surface area contributed by atoms with Crippen molar-refractivity contribution in [3.05, 3.63) is 129 Å². The minimum atomic E-state index is -2.18. The molecule has 0 radical (unpaired) electrons. The van der Waals surface area contributed by atoms with Gasteiger partial charge in [0.2, 0.25) is 0 Å². The Labute approximate surface area is 303 Å². The van der Waals surface area contributed by atoms with Crippen LogP contribution in [0.3, 0.4) is 0 Å². The van der Waals surface area contributed by atoms with Crippen molar-refractivity contribution in [2.75, 3.05) is 0 Å². The van der Waals surface area contributed by atoms with Crippen molar-refractivity contribution in [2.45, 2.75) is 112 Å². The normalized spacial score (nSPS) is 18.8. The molecule has 2 heteroatoms. The van der Waals surface area contributed by atoms with Crippen LogP contribution in [0.4, 0.5) is 0 Å². The average Bonchev–Trinajstić information content (AvgIpc) is 3.60. The number of rotatable bonds is 12. The molecule has 0 amide bonds. The van der Waals surface area contributed by atoms with Crippen LogP contribution in [0.25, 0.3) is 32.6 Å². The first-order chi connectivity index (χ1) is 23.3. The van der Waals surface area contributed by atoms with Crippen LogP contribution in [0, 0.1) is 13.8 Å². The molecule has 246 valence electrons. The van der Waals surface area contributed by atoms with E-state index in [9.17, 15) is 0 Å². The molecule has 2 atom stereocenters. The van der Waals surface area contributed by atoms with Crippen LogP contribution in [0.2, 0.25) is 13.1 Å². The first-order valence-corrected chi connectivity index (χ1v) is 24.8. The summed E-state index contributed by atoms with van der Waals surface area (Å²) in [6.07, 6.45) is 13.3. The van der Waals surface area contributed by atoms with Crippen molar-refractivity contribution >= 4 is 18.5 Å². The Hall–Kier alpha value is -2.54. The molecule has 0 spiro atoms. The molecule has 0 N–H and O–H groups in total. The zero-order valence-corrected chi connectivity index (χ0v) is 33.8. The number of hydrogen-bond donors (Lipinski definition) is 0. The van der Waals surface area contributed by atoms with E-state index in [2.05, 4.69) is 126 Å². The van der Waals surface area contributed by atoms with E-state index < -0.39 is 31.3 Å². The molecule has 4 bridgehead atoms. The molecular formula is C46H54SiZr. The average molecular weight is 726 g/mol. The van der Waals surface area contributed by atoms with Gasteiger partial charge in [-0.2, -0.15) is 0 Å². The van der Waals surface area contributed by atoms with E-state index >= 15 is 0 Å². The van der Waals surface area contributed by atoms with Gasteiger partial charge in [0.15, 0.2) is 0 Å². The molecular weight excluding hydrogens is 672 g/mol. The van der Waals surface area contributed by atoms with Gasteiger partial charge in [-0.3, -0.25) is 0 Å². The number of unbranched alkanes of at least 4 members (excludes halogenated alkanes) is 6. The maximum atomic E-state index is 2.77. The molecule has 0 fully saturated rings. The number of benzene rings is 4. The number of allylic oxidation sites excluding steroid dienone is 2. The molecule has 1 aliphatic heterocycles. The summed E-state index contributed by atoms with van der Waals surface area (Å²) in [4.78, 5) is 0. The Morgan fingerprint density at radius 3 is 1.33 bits per heavy atom. The van der Waals surface area contributed by atoms with Crippen molar-refractivity contribution < 1.29 is 23.2 Å². The van der Waals surface area contributed by atoms with Gasteiger partial charge in [0.05, 0.1) is 0 Å². The standard InChI is InChI=1S/C46H54Si.Zr/c1-7-9-11-13-17-39-31-37-19-15-21-41(35-27-23-33(3)24-28-35)43(37)45(39)47(5,6)46-40(18-14-12-10-8-2)32-38-20-16-22-42(44(38)46)36-29-25-34(4)26-30-36;/h15-16,19-32H,7-14,17-18H2,1-6H3;. The Morgan fingerprint density at radius 1 is 0.521 bits per heavy atom. The summed E-state index contributed by atoms with van der Waals surface area (Å²) in [7, 11) is -2.18. The van der Waals surface area contributed by atoms with Crippen molar-refractivity contribution in [1.29, 1.82) is 0 Å². The Kier molecular flexibility index (Phi) is 10.2. The maximum absolute atomic E-state index is 2.77. The van der Waals surface area contributed by atoms with Gasteiger partial charge in [-0.1, -0.05) is 0 Å². The topological polar surface area (TPSA) is 0 Å². The van der Waals surface area contributed by atoms with Crippen LogP contribution < -0.4 is 0 Å². The van der Waals surface area contributed by atoms with Gasteiger partial charge in [0.25, 0.3) is 0 Å². The van der Waals surface area contributed by atoms with Crippen molar-refractivity contribution in [2.24, 2.45) is 0 Å².